The third kappa shape index (κ3) is 14.0. The number of rotatable bonds is 10. The van der Waals surface area contributed by atoms with E-state index >= 15 is 0 Å². The van der Waals surface area contributed by atoms with Crippen LogP contribution in [0, 0.1) is 0 Å². The van der Waals surface area contributed by atoms with E-state index in [0.717, 1.165) is 6.54 Å². The molecule has 5 saturated heterocycles. The lowest BCUT2D eigenvalue weighted by atomic mass is 9.77. The van der Waals surface area contributed by atoms with Crippen LogP contribution in [0.1, 0.15) is 107 Å². The molecule has 0 unspecified atom stereocenters. The van der Waals surface area contributed by atoms with Gasteiger partial charge in [-0.25, -0.2) is 32.5 Å². The highest BCUT2D eigenvalue weighted by Crippen LogP contribution is 2.38. The molecule has 0 spiro atoms. The highest BCUT2D eigenvalue weighted by atomic mass is 35.5. The largest absolute Gasteiger partial charge is 0.496 e. The van der Waals surface area contributed by atoms with Crippen molar-refractivity contribution in [1.82, 2.24) is 44.8 Å². The van der Waals surface area contributed by atoms with Crippen molar-refractivity contribution >= 4 is 65.9 Å². The van der Waals surface area contributed by atoms with Crippen LogP contribution in [0.4, 0.5) is 53.0 Å². The average molecular weight is 1120 g/mol. The lowest BCUT2D eigenvalue weighted by molar-refractivity contribution is 0.00578. The fourth-order valence-corrected chi connectivity index (χ4v) is 9.61. The molecule has 0 aromatic carbocycles. The van der Waals surface area contributed by atoms with Gasteiger partial charge in [0.2, 0.25) is 29.1 Å². The topological polar surface area (TPSA) is 213 Å². The minimum Gasteiger partial charge on any atom is -0.399 e. The second kappa shape index (κ2) is 24.6. The van der Waals surface area contributed by atoms with Crippen LogP contribution >= 0.6 is 11.6 Å². The predicted octanol–water partition coefficient (Wildman–Crippen LogP) is 6.98. The fraction of sp³-hybridized carbons (Fsp3) is 0.667. The van der Waals surface area contributed by atoms with Crippen molar-refractivity contribution in [2.75, 3.05) is 105 Å². The molecule has 78 heavy (non-hydrogen) atoms. The molecule has 4 aromatic rings. The molecule has 4 aromatic heterocycles. The molecule has 5 aliphatic heterocycles. The molecule has 9 heterocycles. The highest BCUT2D eigenvalue weighted by Gasteiger charge is 2.53. The maximum Gasteiger partial charge on any atom is 0.496 e. The van der Waals surface area contributed by atoms with E-state index < -0.39 is 31.2 Å². The zero-order chi connectivity index (χ0) is 57.1. The zero-order valence-corrected chi connectivity index (χ0v) is 47.9. The number of nitrogen functional groups attached to an aromatic ring is 1. The van der Waals surface area contributed by atoms with Crippen molar-refractivity contribution in [3.63, 3.8) is 0 Å². The number of halogens is 5. The van der Waals surface area contributed by atoms with Gasteiger partial charge in [0, 0.05) is 61.7 Å². The van der Waals surface area contributed by atoms with Gasteiger partial charge in [-0.1, -0.05) is 0 Å². The van der Waals surface area contributed by atoms with E-state index in [2.05, 4.69) is 77.3 Å². The summed E-state index contributed by atoms with van der Waals surface area (Å²) < 4.78 is 88.7. The van der Waals surface area contributed by atoms with Gasteiger partial charge in [0.05, 0.1) is 106 Å². The minimum absolute atomic E-state index is 0.0126. The maximum absolute atomic E-state index is 13.8. The maximum atomic E-state index is 13.8. The second-order valence-corrected chi connectivity index (χ2v) is 22.9. The van der Waals surface area contributed by atoms with Crippen molar-refractivity contribution in [2.45, 2.75) is 142 Å². The number of hydrogen-bond acceptors (Lipinski definition) is 20. The average Bonchev–Trinajstić information content (AvgIpc) is 3.59. The molecule has 0 radical (unpaired) electrons. The molecule has 2 N–H and O–H groups in total. The number of hydrogen-bond donors (Lipinski definition) is 1. The van der Waals surface area contributed by atoms with Crippen molar-refractivity contribution in [1.29, 1.82) is 0 Å². The Hall–Kier alpha value is -5.38. The first-order chi connectivity index (χ1) is 36.6. The molecular formula is C51H75BClF4N15O6. The Kier molecular flexibility index (Phi) is 19.0. The van der Waals surface area contributed by atoms with E-state index in [1.54, 1.807) is 19.0 Å². The summed E-state index contributed by atoms with van der Waals surface area (Å²) in [6.07, 6.45) is -1.26. The van der Waals surface area contributed by atoms with Crippen LogP contribution in [-0.4, -0.2) is 185 Å². The molecule has 9 rings (SSSR count). The fourth-order valence-electron chi connectivity index (χ4n) is 9.46. The summed E-state index contributed by atoms with van der Waals surface area (Å²) in [6, 6.07) is 2.86. The summed E-state index contributed by atoms with van der Waals surface area (Å²) in [4.78, 5) is 49.7. The number of alkyl halides is 4. The number of pyridine rings is 2. The van der Waals surface area contributed by atoms with Crippen molar-refractivity contribution in [2.24, 2.45) is 4.99 Å². The van der Waals surface area contributed by atoms with Crippen LogP contribution in [0.2, 0.25) is 5.28 Å². The lowest BCUT2D eigenvalue weighted by Gasteiger charge is -2.43. The summed E-state index contributed by atoms with van der Waals surface area (Å²) >= 11 is 6.20. The molecule has 21 nitrogen and oxygen atoms in total. The summed E-state index contributed by atoms with van der Waals surface area (Å²) in [7, 11) is 2.70. The molecule has 0 amide bonds. The monoisotopic (exact) mass is 1120 g/mol. The molecule has 0 bridgehead atoms. The van der Waals surface area contributed by atoms with Crippen molar-refractivity contribution in [3.05, 3.63) is 40.9 Å². The van der Waals surface area contributed by atoms with Gasteiger partial charge in [-0.3, -0.25) is 0 Å². The van der Waals surface area contributed by atoms with Crippen molar-refractivity contribution in [3.8, 4) is 11.4 Å². The minimum atomic E-state index is -2.75. The number of ether oxygens (including phenoxy) is 4. The number of aliphatic imine (C=N–C) groups is 1. The Labute approximate surface area is 460 Å². The van der Waals surface area contributed by atoms with Gasteiger partial charge in [-0.15, -0.1) is 0 Å². The molecule has 5 aliphatic rings. The number of aromatic nitrogens is 8. The van der Waals surface area contributed by atoms with Crippen LogP contribution in [0.15, 0.2) is 29.5 Å². The smallest absolute Gasteiger partial charge is 0.399 e. The van der Waals surface area contributed by atoms with Crippen LogP contribution in [-0.2, 0) is 28.3 Å². The van der Waals surface area contributed by atoms with Crippen LogP contribution in [0.3, 0.4) is 0 Å². The quantitative estimate of drug-likeness (QED) is 0.0734. The van der Waals surface area contributed by atoms with E-state index in [4.69, 9.17) is 55.6 Å². The molecule has 428 valence electrons. The Bertz CT molecular complexity index is 2640. The molecule has 4 atom stereocenters. The number of nitrogens with two attached hydrogens (primary N) is 1. The lowest BCUT2D eigenvalue weighted by Crippen LogP contribution is -2.54. The third-order valence-electron chi connectivity index (χ3n) is 14.3. The van der Waals surface area contributed by atoms with Crippen LogP contribution in [0.25, 0.3) is 11.4 Å². The van der Waals surface area contributed by atoms with Gasteiger partial charge >= 0.3 is 7.12 Å². The Balaban J connectivity index is 0.000000173. The Morgan fingerprint density at radius 1 is 0.654 bits per heavy atom. The summed E-state index contributed by atoms with van der Waals surface area (Å²) in [5, 5.41) is 0.221. The Morgan fingerprint density at radius 2 is 1.12 bits per heavy atom. The van der Waals surface area contributed by atoms with Gasteiger partial charge in [-0.2, -0.15) is 29.9 Å². The van der Waals surface area contributed by atoms with Crippen LogP contribution < -0.4 is 30.8 Å². The molecule has 0 aliphatic carbocycles. The third-order valence-corrected chi connectivity index (χ3v) is 14.5. The first-order valence-electron chi connectivity index (χ1n) is 26.1. The predicted molar refractivity (Wildman–Crippen MR) is 293 cm³/mol. The van der Waals surface area contributed by atoms with Gasteiger partial charge < -0.3 is 58.5 Å². The van der Waals surface area contributed by atoms with E-state index in [-0.39, 0.29) is 80.1 Å². The molecule has 0 saturated carbocycles. The Morgan fingerprint density at radius 3 is 1.59 bits per heavy atom. The molecular weight excluding hydrogens is 1040 g/mol. The number of nitrogens with zero attached hydrogens (tertiary/aromatic N) is 14. The van der Waals surface area contributed by atoms with Gasteiger partial charge in [0.1, 0.15) is 5.82 Å². The SMILES string of the molecule is CN(C)C=Nc1cc(C(F)F)c(B2OC(C)(C)C(C)(C)O2)cn1.C[C@@H]1COC[C@H](C)N1c1nc(-c2cnc(N)cc2C(F)F)nc(N2CCOCC2(C)C)n1.C[C@@H]1COC[C@H](C)N1c1nc(Cl)nc(N2CCOCC2(C)C)n1. The van der Waals surface area contributed by atoms with Gasteiger partial charge in [0.15, 0.2) is 11.6 Å². The normalized spacial score (nSPS) is 23.8. The second-order valence-electron chi connectivity index (χ2n) is 22.5. The zero-order valence-electron chi connectivity index (χ0n) is 47.2. The van der Waals surface area contributed by atoms with E-state index in [9.17, 15) is 17.6 Å². The van der Waals surface area contributed by atoms with Crippen LogP contribution in [0.5, 0.6) is 0 Å². The first kappa shape index (κ1) is 60.3. The summed E-state index contributed by atoms with van der Waals surface area (Å²) in [6.45, 7) is 30.0. The van der Waals surface area contributed by atoms with E-state index in [0.29, 0.717) is 83.2 Å². The first-order valence-corrected chi connectivity index (χ1v) is 26.5. The summed E-state index contributed by atoms with van der Waals surface area (Å²) in [5.74, 6) is 2.44. The molecule has 27 heteroatoms. The van der Waals surface area contributed by atoms with Gasteiger partial charge in [0.25, 0.3) is 12.9 Å². The van der Waals surface area contributed by atoms with E-state index in [1.807, 2.05) is 60.3 Å². The summed E-state index contributed by atoms with van der Waals surface area (Å²) in [5.41, 5.74) is 3.86. The molecule has 5 fully saturated rings. The van der Waals surface area contributed by atoms with E-state index in [1.165, 1.54) is 30.9 Å². The van der Waals surface area contributed by atoms with Crippen molar-refractivity contribution < 1.29 is 45.8 Å². The number of morpholine rings is 4. The van der Waals surface area contributed by atoms with Gasteiger partial charge in [-0.05, 0) is 107 Å². The number of anilines is 5. The highest BCUT2D eigenvalue weighted by molar-refractivity contribution is 6.62. The standard InChI is InChI=1S/C21H29F2N7O2.C15H22BF2N3O2.C15H24ClN5O2/c1-12-9-32-10-13(2)30(12)20-27-18(15-8-25-16(24)7-14(15)17(22)23)26-19(28-20)29-5-6-31-11-21(29,3)4;1-14(2)15(3,4)23-16(22-14)11-8-19-12(20-9-21(5)6)7-10(11)13(17)18;1-10-7-23-8-11(2)21(10)14-18-12(16)17-13(19-14)20-5-6-22-9-15(20,3)4/h7-8,12-13,17H,5-6,9-11H2,1-4H3,(H2,24,25);7-9,13H,1-6H3;10-11H,5-9H2,1-4H3/t12-,13+;;10-,11+.